The number of thioether (sulfide) groups is 1. The molecule has 1 unspecified atom stereocenters. The van der Waals surface area contributed by atoms with E-state index in [9.17, 15) is 4.79 Å². The first-order chi connectivity index (χ1) is 12.6. The van der Waals surface area contributed by atoms with E-state index in [0.717, 1.165) is 11.1 Å². The van der Waals surface area contributed by atoms with Gasteiger partial charge in [-0.05, 0) is 28.5 Å². The van der Waals surface area contributed by atoms with E-state index >= 15 is 0 Å². The van der Waals surface area contributed by atoms with Gasteiger partial charge in [0.05, 0.1) is 11.8 Å². The predicted octanol–water partition coefficient (Wildman–Crippen LogP) is 2.86. The molecule has 1 atom stereocenters. The summed E-state index contributed by atoms with van der Waals surface area (Å²) in [7, 11) is 1.82. The summed E-state index contributed by atoms with van der Waals surface area (Å²) in [6.07, 6.45) is 0. The molecule has 26 heavy (non-hydrogen) atoms. The van der Waals surface area contributed by atoms with E-state index in [1.807, 2.05) is 74.6 Å². The van der Waals surface area contributed by atoms with Gasteiger partial charge in [0.15, 0.2) is 0 Å². The maximum absolute atomic E-state index is 12.7. The number of hydrogen-bond acceptors (Lipinski definition) is 5. The van der Waals surface area contributed by atoms with Crippen molar-refractivity contribution in [2.75, 3.05) is 7.05 Å². The molecule has 1 aromatic heterocycles. The van der Waals surface area contributed by atoms with Crippen molar-refractivity contribution in [1.29, 1.82) is 0 Å². The number of aromatic nitrogens is 4. The summed E-state index contributed by atoms with van der Waals surface area (Å²) in [4.78, 5) is 14.4. The molecule has 1 heterocycles. The van der Waals surface area contributed by atoms with E-state index in [2.05, 4.69) is 15.5 Å². The van der Waals surface area contributed by atoms with E-state index < -0.39 is 0 Å². The zero-order valence-corrected chi connectivity index (χ0v) is 15.6. The van der Waals surface area contributed by atoms with Crippen LogP contribution >= 0.6 is 11.8 Å². The Morgan fingerprint density at radius 1 is 1.08 bits per heavy atom. The van der Waals surface area contributed by atoms with Gasteiger partial charge in [0, 0.05) is 13.6 Å². The van der Waals surface area contributed by atoms with Gasteiger partial charge in [-0.15, -0.1) is 5.10 Å². The third-order valence-electron chi connectivity index (χ3n) is 3.94. The lowest BCUT2D eigenvalue weighted by atomic mass is 10.2. The molecule has 0 saturated heterocycles. The van der Waals surface area contributed by atoms with Crippen LogP contribution in [0.1, 0.15) is 18.1 Å². The van der Waals surface area contributed by atoms with Crippen LogP contribution in [0.15, 0.2) is 65.8 Å². The molecule has 0 aliphatic heterocycles. The summed E-state index contributed by atoms with van der Waals surface area (Å²) in [5.41, 5.74) is 2.22. The Bertz CT molecular complexity index is 837. The average molecular weight is 367 g/mol. The van der Waals surface area contributed by atoms with E-state index in [0.29, 0.717) is 18.2 Å². The Hall–Kier alpha value is -2.67. The van der Waals surface area contributed by atoms with E-state index in [4.69, 9.17) is 0 Å². The lowest BCUT2D eigenvalue weighted by Crippen LogP contribution is -2.33. The highest BCUT2D eigenvalue weighted by molar-refractivity contribution is 8.00. The number of tetrazole rings is 1. The highest BCUT2D eigenvalue weighted by Crippen LogP contribution is 2.22. The number of carbonyl (C=O) groups is 1. The molecule has 2 aromatic carbocycles. The standard InChI is InChI=1S/C19H21N5OS/c1-15(18(25)23(2)13-16-9-5-3-6-10-16)26-19-20-21-22-24(19)14-17-11-7-4-8-12-17/h3-12,15H,13-14H2,1-2H3. The van der Waals surface area contributed by atoms with Crippen LogP contribution in [0, 0.1) is 0 Å². The molecule has 7 heteroatoms. The first-order valence-corrected chi connectivity index (χ1v) is 9.27. The smallest absolute Gasteiger partial charge is 0.235 e. The monoisotopic (exact) mass is 367 g/mol. The van der Waals surface area contributed by atoms with Crippen molar-refractivity contribution in [1.82, 2.24) is 25.1 Å². The number of benzene rings is 2. The molecular weight excluding hydrogens is 346 g/mol. The summed E-state index contributed by atoms with van der Waals surface area (Å²) in [5.74, 6) is 0.0492. The highest BCUT2D eigenvalue weighted by Gasteiger charge is 2.21. The number of rotatable bonds is 7. The van der Waals surface area contributed by atoms with Gasteiger partial charge in [-0.25, -0.2) is 4.68 Å². The van der Waals surface area contributed by atoms with Crippen LogP contribution in [0.3, 0.4) is 0 Å². The van der Waals surface area contributed by atoms with E-state index in [1.54, 1.807) is 9.58 Å². The third kappa shape index (κ3) is 4.70. The molecule has 0 bridgehead atoms. The van der Waals surface area contributed by atoms with Crippen molar-refractivity contribution in [3.05, 3.63) is 71.8 Å². The molecule has 0 fully saturated rings. The summed E-state index contributed by atoms with van der Waals surface area (Å²) < 4.78 is 1.72. The molecule has 3 aromatic rings. The minimum Gasteiger partial charge on any atom is -0.340 e. The normalized spacial score (nSPS) is 11.9. The van der Waals surface area contributed by atoms with Gasteiger partial charge in [0.2, 0.25) is 11.1 Å². The molecule has 0 saturated carbocycles. The Kier molecular flexibility index (Phi) is 6.01. The SMILES string of the molecule is CC(Sc1nnnn1Cc1ccccc1)C(=O)N(C)Cc1ccccc1. The maximum atomic E-state index is 12.7. The molecule has 134 valence electrons. The Balaban J connectivity index is 1.62. The predicted molar refractivity (Wildman–Crippen MR) is 102 cm³/mol. The van der Waals surface area contributed by atoms with Crippen LogP contribution in [0.4, 0.5) is 0 Å². The second kappa shape index (κ2) is 8.62. The summed E-state index contributed by atoms with van der Waals surface area (Å²) in [6.45, 7) is 3.05. The fourth-order valence-electron chi connectivity index (χ4n) is 2.59. The molecule has 1 amide bonds. The molecule has 0 aliphatic carbocycles. The second-order valence-electron chi connectivity index (χ2n) is 6.04. The zero-order chi connectivity index (χ0) is 18.4. The number of amides is 1. The van der Waals surface area contributed by atoms with Crippen LogP contribution in [-0.4, -0.2) is 43.3 Å². The van der Waals surface area contributed by atoms with Crippen LogP contribution < -0.4 is 0 Å². The minimum atomic E-state index is -0.274. The summed E-state index contributed by atoms with van der Waals surface area (Å²) in [5, 5.41) is 12.2. The highest BCUT2D eigenvalue weighted by atomic mass is 32.2. The molecule has 6 nitrogen and oxygen atoms in total. The van der Waals surface area contributed by atoms with Crippen LogP contribution in [0.5, 0.6) is 0 Å². The van der Waals surface area contributed by atoms with Crippen molar-refractivity contribution < 1.29 is 4.79 Å². The van der Waals surface area contributed by atoms with Crippen molar-refractivity contribution >= 4 is 17.7 Å². The lowest BCUT2D eigenvalue weighted by Gasteiger charge is -2.21. The second-order valence-corrected chi connectivity index (χ2v) is 7.35. The lowest BCUT2D eigenvalue weighted by molar-refractivity contribution is -0.129. The third-order valence-corrected chi connectivity index (χ3v) is 5.00. The van der Waals surface area contributed by atoms with Gasteiger partial charge >= 0.3 is 0 Å². The topological polar surface area (TPSA) is 63.9 Å². The number of hydrogen-bond donors (Lipinski definition) is 0. The molecular formula is C19H21N5OS. The molecule has 0 N–H and O–H groups in total. The van der Waals surface area contributed by atoms with Gasteiger partial charge in [-0.2, -0.15) is 0 Å². The Labute approximate surface area is 157 Å². The van der Waals surface area contributed by atoms with Crippen molar-refractivity contribution in [3.8, 4) is 0 Å². The Morgan fingerprint density at radius 2 is 1.69 bits per heavy atom. The Morgan fingerprint density at radius 3 is 2.35 bits per heavy atom. The van der Waals surface area contributed by atoms with E-state index in [-0.39, 0.29) is 11.2 Å². The van der Waals surface area contributed by atoms with Crippen LogP contribution in [-0.2, 0) is 17.9 Å². The first-order valence-electron chi connectivity index (χ1n) is 8.39. The van der Waals surface area contributed by atoms with Gasteiger partial charge < -0.3 is 4.90 Å². The molecule has 0 spiro atoms. The molecule has 3 rings (SSSR count). The summed E-state index contributed by atoms with van der Waals surface area (Å²) in [6, 6.07) is 19.9. The largest absolute Gasteiger partial charge is 0.340 e. The van der Waals surface area contributed by atoms with Crippen molar-refractivity contribution in [3.63, 3.8) is 0 Å². The zero-order valence-electron chi connectivity index (χ0n) is 14.8. The van der Waals surface area contributed by atoms with Crippen LogP contribution in [0.25, 0.3) is 0 Å². The summed E-state index contributed by atoms with van der Waals surface area (Å²) >= 11 is 1.38. The minimum absolute atomic E-state index is 0.0492. The van der Waals surface area contributed by atoms with Gasteiger partial charge in [-0.1, -0.05) is 72.4 Å². The van der Waals surface area contributed by atoms with E-state index in [1.165, 1.54) is 11.8 Å². The quantitative estimate of drug-likeness (QED) is 0.601. The molecule has 0 radical (unpaired) electrons. The van der Waals surface area contributed by atoms with Crippen molar-refractivity contribution in [2.45, 2.75) is 30.4 Å². The average Bonchev–Trinajstić information content (AvgIpc) is 3.09. The fraction of sp³-hybridized carbons (Fsp3) is 0.263. The number of nitrogens with zero attached hydrogens (tertiary/aromatic N) is 5. The fourth-order valence-corrected chi connectivity index (χ4v) is 3.49. The number of carbonyl (C=O) groups excluding carboxylic acids is 1. The van der Waals surface area contributed by atoms with Gasteiger partial charge in [0.25, 0.3) is 0 Å². The van der Waals surface area contributed by atoms with Gasteiger partial charge in [-0.3, -0.25) is 4.79 Å². The van der Waals surface area contributed by atoms with Crippen molar-refractivity contribution in [2.24, 2.45) is 0 Å². The van der Waals surface area contributed by atoms with Crippen LogP contribution in [0.2, 0.25) is 0 Å². The first kappa shape index (κ1) is 18.1. The van der Waals surface area contributed by atoms with Gasteiger partial charge in [0.1, 0.15) is 0 Å². The molecule has 0 aliphatic rings. The maximum Gasteiger partial charge on any atom is 0.235 e.